The first-order chi connectivity index (χ1) is 7.16. The highest BCUT2D eigenvalue weighted by molar-refractivity contribution is 9.10. The summed E-state index contributed by atoms with van der Waals surface area (Å²) in [7, 11) is 4.05. The first-order valence-corrected chi connectivity index (χ1v) is 6.04. The number of nitrogens with zero attached hydrogens (tertiary/aromatic N) is 1. The second-order valence-electron chi connectivity index (χ2n) is 3.69. The van der Waals surface area contributed by atoms with Crippen molar-refractivity contribution in [1.82, 2.24) is 0 Å². The Bertz CT molecular complexity index is 312. The van der Waals surface area contributed by atoms with E-state index in [4.69, 9.17) is 4.74 Å². The Morgan fingerprint density at radius 3 is 2.67 bits per heavy atom. The topological polar surface area (TPSA) is 12.5 Å². The fraction of sp³-hybridized carbons (Fsp3) is 0.500. The van der Waals surface area contributed by atoms with E-state index in [0.717, 1.165) is 35.4 Å². The Kier molecular flexibility index (Phi) is 4.95. The lowest BCUT2D eigenvalue weighted by Gasteiger charge is -2.17. The van der Waals surface area contributed by atoms with Crippen molar-refractivity contribution in [1.29, 1.82) is 0 Å². The summed E-state index contributed by atoms with van der Waals surface area (Å²) in [4.78, 5) is 2.07. The van der Waals surface area contributed by atoms with Crippen molar-refractivity contribution in [2.24, 2.45) is 0 Å². The summed E-state index contributed by atoms with van der Waals surface area (Å²) in [5, 5.41) is 0. The highest BCUT2D eigenvalue weighted by atomic mass is 79.9. The van der Waals surface area contributed by atoms with Gasteiger partial charge in [0.05, 0.1) is 16.8 Å². The van der Waals surface area contributed by atoms with E-state index >= 15 is 0 Å². The smallest absolute Gasteiger partial charge is 0.135 e. The Morgan fingerprint density at radius 1 is 1.33 bits per heavy atom. The van der Waals surface area contributed by atoms with Gasteiger partial charge >= 0.3 is 0 Å². The number of hydrogen-bond donors (Lipinski definition) is 0. The largest absolute Gasteiger partial charge is 0.492 e. The van der Waals surface area contributed by atoms with E-state index < -0.39 is 0 Å². The Balaban J connectivity index is 2.75. The molecule has 0 aliphatic rings. The predicted molar refractivity (Wildman–Crippen MR) is 68.9 cm³/mol. The highest BCUT2D eigenvalue weighted by Crippen LogP contribution is 2.33. The van der Waals surface area contributed by atoms with Crippen molar-refractivity contribution in [2.75, 3.05) is 25.6 Å². The van der Waals surface area contributed by atoms with Crippen LogP contribution >= 0.6 is 15.9 Å². The average molecular weight is 272 g/mol. The number of rotatable bonds is 5. The molecule has 2 nitrogen and oxygen atoms in total. The van der Waals surface area contributed by atoms with Crippen LogP contribution in [-0.2, 0) is 0 Å². The van der Waals surface area contributed by atoms with Crippen molar-refractivity contribution < 1.29 is 4.74 Å². The van der Waals surface area contributed by atoms with Crippen molar-refractivity contribution in [2.45, 2.75) is 19.8 Å². The van der Waals surface area contributed by atoms with Gasteiger partial charge in [0.1, 0.15) is 5.75 Å². The summed E-state index contributed by atoms with van der Waals surface area (Å²) >= 11 is 3.57. The van der Waals surface area contributed by atoms with Crippen molar-refractivity contribution >= 4 is 21.6 Å². The molecule has 0 aromatic heterocycles. The number of unbranched alkanes of at least 4 members (excludes halogenated alkanes) is 1. The zero-order valence-electron chi connectivity index (χ0n) is 9.59. The molecule has 1 aromatic rings. The first kappa shape index (κ1) is 12.4. The number of ether oxygens (including phenoxy) is 1. The lowest BCUT2D eigenvalue weighted by Crippen LogP contribution is -2.09. The number of anilines is 1. The van der Waals surface area contributed by atoms with Crippen LogP contribution in [0.15, 0.2) is 22.7 Å². The number of benzene rings is 1. The Hall–Kier alpha value is -0.700. The summed E-state index contributed by atoms with van der Waals surface area (Å²) in [5.41, 5.74) is 1.14. The lowest BCUT2D eigenvalue weighted by molar-refractivity contribution is 0.307. The molecule has 0 aliphatic heterocycles. The van der Waals surface area contributed by atoms with Gasteiger partial charge < -0.3 is 9.64 Å². The van der Waals surface area contributed by atoms with Crippen molar-refractivity contribution in [3.8, 4) is 5.75 Å². The molecule has 0 bridgehead atoms. The second kappa shape index (κ2) is 6.01. The van der Waals surface area contributed by atoms with Gasteiger partial charge in [-0.1, -0.05) is 19.4 Å². The lowest BCUT2D eigenvalue weighted by atomic mass is 10.3. The summed E-state index contributed by atoms with van der Waals surface area (Å²) in [6.07, 6.45) is 2.25. The summed E-state index contributed by atoms with van der Waals surface area (Å²) in [5.74, 6) is 0.926. The van der Waals surface area contributed by atoms with Gasteiger partial charge in [0.2, 0.25) is 0 Å². The molecule has 0 saturated heterocycles. The molecule has 0 radical (unpaired) electrons. The molecule has 0 spiro atoms. The van der Waals surface area contributed by atoms with Crippen LogP contribution in [0.4, 0.5) is 5.69 Å². The number of hydrogen-bond acceptors (Lipinski definition) is 2. The maximum Gasteiger partial charge on any atom is 0.135 e. The monoisotopic (exact) mass is 271 g/mol. The zero-order chi connectivity index (χ0) is 11.3. The van der Waals surface area contributed by atoms with Crippen molar-refractivity contribution in [3.05, 3.63) is 22.7 Å². The van der Waals surface area contributed by atoms with Crippen LogP contribution < -0.4 is 9.64 Å². The molecule has 84 valence electrons. The summed E-state index contributed by atoms with van der Waals surface area (Å²) in [6.45, 7) is 2.95. The second-order valence-corrected chi connectivity index (χ2v) is 4.48. The molecule has 0 atom stereocenters. The number of halogens is 1. The summed E-state index contributed by atoms with van der Waals surface area (Å²) in [6, 6.07) is 6.07. The zero-order valence-corrected chi connectivity index (χ0v) is 11.2. The van der Waals surface area contributed by atoms with Gasteiger partial charge in [0, 0.05) is 14.1 Å². The normalized spacial score (nSPS) is 10.1. The van der Waals surface area contributed by atoms with E-state index in [9.17, 15) is 0 Å². The van der Waals surface area contributed by atoms with E-state index in [-0.39, 0.29) is 0 Å². The molecule has 1 aromatic carbocycles. The van der Waals surface area contributed by atoms with Crippen LogP contribution in [-0.4, -0.2) is 20.7 Å². The molecule has 15 heavy (non-hydrogen) atoms. The fourth-order valence-electron chi connectivity index (χ4n) is 1.28. The van der Waals surface area contributed by atoms with Gasteiger partial charge in [-0.15, -0.1) is 0 Å². The minimum atomic E-state index is 0.784. The van der Waals surface area contributed by atoms with Gasteiger partial charge in [-0.2, -0.15) is 0 Å². The van der Waals surface area contributed by atoms with Crippen LogP contribution in [0.2, 0.25) is 0 Å². The first-order valence-electron chi connectivity index (χ1n) is 5.25. The van der Waals surface area contributed by atoms with Gasteiger partial charge in [-0.3, -0.25) is 0 Å². The SMILES string of the molecule is CCCCOc1cccc(N(C)C)c1Br. The molecule has 3 heteroatoms. The molecular formula is C12H18BrNO. The Morgan fingerprint density at radius 2 is 2.07 bits per heavy atom. The minimum absolute atomic E-state index is 0.784. The average Bonchev–Trinajstić information content (AvgIpc) is 2.20. The molecular weight excluding hydrogens is 254 g/mol. The van der Waals surface area contributed by atoms with Gasteiger partial charge in [0.15, 0.2) is 0 Å². The van der Waals surface area contributed by atoms with E-state index in [1.165, 1.54) is 0 Å². The maximum absolute atomic E-state index is 5.69. The van der Waals surface area contributed by atoms with Gasteiger partial charge in [0.25, 0.3) is 0 Å². The van der Waals surface area contributed by atoms with Crippen LogP contribution in [0.3, 0.4) is 0 Å². The van der Waals surface area contributed by atoms with Crippen LogP contribution in [0, 0.1) is 0 Å². The minimum Gasteiger partial charge on any atom is -0.492 e. The molecule has 0 heterocycles. The molecule has 0 aliphatic carbocycles. The molecule has 1 rings (SSSR count). The third kappa shape index (κ3) is 3.42. The quantitative estimate of drug-likeness (QED) is 0.758. The van der Waals surface area contributed by atoms with Crippen LogP contribution in [0.1, 0.15) is 19.8 Å². The molecule has 0 amide bonds. The Labute approximate surface area is 100 Å². The predicted octanol–water partition coefficient (Wildman–Crippen LogP) is 3.69. The van der Waals surface area contributed by atoms with Gasteiger partial charge in [-0.05, 0) is 34.5 Å². The highest BCUT2D eigenvalue weighted by Gasteiger charge is 2.07. The summed E-state index contributed by atoms with van der Waals surface area (Å²) < 4.78 is 6.73. The van der Waals surface area contributed by atoms with Crippen molar-refractivity contribution in [3.63, 3.8) is 0 Å². The van der Waals surface area contributed by atoms with Crippen LogP contribution in [0.25, 0.3) is 0 Å². The van der Waals surface area contributed by atoms with E-state index in [1.54, 1.807) is 0 Å². The molecule has 0 unspecified atom stereocenters. The third-order valence-electron chi connectivity index (χ3n) is 2.18. The van der Waals surface area contributed by atoms with E-state index in [2.05, 4.69) is 33.8 Å². The fourth-order valence-corrected chi connectivity index (χ4v) is 2.02. The third-order valence-corrected chi connectivity index (χ3v) is 2.98. The standard InChI is InChI=1S/C12H18BrNO/c1-4-5-9-15-11-8-6-7-10(12(11)13)14(2)3/h6-8H,4-5,9H2,1-3H3. The van der Waals surface area contributed by atoms with Crippen LogP contribution in [0.5, 0.6) is 5.75 Å². The van der Waals surface area contributed by atoms with E-state index in [1.807, 2.05) is 26.2 Å². The van der Waals surface area contributed by atoms with Gasteiger partial charge in [-0.25, -0.2) is 0 Å². The molecule has 0 fully saturated rings. The maximum atomic E-state index is 5.69. The molecule has 0 N–H and O–H groups in total. The van der Waals surface area contributed by atoms with E-state index in [0.29, 0.717) is 0 Å². The molecule has 0 saturated carbocycles.